The summed E-state index contributed by atoms with van der Waals surface area (Å²) in [5, 5.41) is 12.0. The lowest BCUT2D eigenvalue weighted by molar-refractivity contribution is -0.152. The molecule has 0 unspecified atom stereocenters. The van der Waals surface area contributed by atoms with Crippen molar-refractivity contribution in [3.63, 3.8) is 0 Å². The predicted octanol–water partition coefficient (Wildman–Crippen LogP) is 1.95. The molecule has 29 heavy (non-hydrogen) atoms. The van der Waals surface area contributed by atoms with Crippen molar-refractivity contribution in [2.75, 3.05) is 19.7 Å². The number of carbonyl (C=O) groups is 2. The molecule has 8 heteroatoms. The highest BCUT2D eigenvalue weighted by atomic mass is 16.5. The zero-order chi connectivity index (χ0) is 20.5. The lowest BCUT2D eigenvalue weighted by Crippen LogP contribution is -2.37. The van der Waals surface area contributed by atoms with Crippen LogP contribution in [-0.2, 0) is 16.6 Å². The molecule has 2 heterocycles. The largest absolute Gasteiger partial charge is 0.466 e. The average molecular weight is 395 g/mol. The topological polar surface area (TPSA) is 90.2 Å². The molecular weight excluding hydrogens is 370 g/mol. The van der Waals surface area contributed by atoms with Gasteiger partial charge in [0.2, 0.25) is 5.82 Å². The standard InChI is InChI=1S/C21H25N5O3/c1-4-29-21(28)18-13(2)5-6-16-11-26(12-17(16)18)20(27)15-9-7-14(8-10-15)19-22-24-25(3)23-19/h5-10,13,16-18H,4,11-12H2,1-3H3/t13-,16-,17-,18-/m0/s1. The molecule has 0 bridgehead atoms. The first-order chi connectivity index (χ1) is 14.0. The van der Waals surface area contributed by atoms with Crippen molar-refractivity contribution in [3.8, 4) is 11.4 Å². The van der Waals surface area contributed by atoms with Crippen molar-refractivity contribution in [1.29, 1.82) is 0 Å². The Morgan fingerprint density at radius 3 is 2.59 bits per heavy atom. The van der Waals surface area contributed by atoms with E-state index >= 15 is 0 Å². The number of likely N-dealkylation sites (tertiary alicyclic amines) is 1. The Hall–Kier alpha value is -3.03. The third-order valence-corrected chi connectivity index (χ3v) is 5.85. The van der Waals surface area contributed by atoms with Gasteiger partial charge in [0.15, 0.2) is 0 Å². The summed E-state index contributed by atoms with van der Waals surface area (Å²) in [7, 11) is 1.71. The number of ether oxygens (including phenoxy) is 1. The van der Waals surface area contributed by atoms with Crippen molar-refractivity contribution in [2.45, 2.75) is 13.8 Å². The summed E-state index contributed by atoms with van der Waals surface area (Å²) < 4.78 is 5.30. The van der Waals surface area contributed by atoms with Crippen molar-refractivity contribution < 1.29 is 14.3 Å². The zero-order valence-electron chi connectivity index (χ0n) is 16.9. The molecule has 1 amide bonds. The summed E-state index contributed by atoms with van der Waals surface area (Å²) in [4.78, 5) is 28.8. The number of hydrogen-bond donors (Lipinski definition) is 0. The van der Waals surface area contributed by atoms with Crippen LogP contribution in [0.2, 0.25) is 0 Å². The highest BCUT2D eigenvalue weighted by Gasteiger charge is 2.46. The summed E-state index contributed by atoms with van der Waals surface area (Å²) in [6, 6.07) is 7.24. The molecule has 0 N–H and O–H groups in total. The first kappa shape index (κ1) is 19.3. The molecule has 1 aliphatic carbocycles. The molecule has 8 nitrogen and oxygen atoms in total. The Bertz CT molecular complexity index is 936. The first-order valence-electron chi connectivity index (χ1n) is 9.96. The third kappa shape index (κ3) is 3.66. The number of esters is 1. The van der Waals surface area contributed by atoms with Crippen LogP contribution in [0.25, 0.3) is 11.4 Å². The lowest BCUT2D eigenvalue weighted by atomic mass is 9.72. The van der Waals surface area contributed by atoms with Crippen LogP contribution >= 0.6 is 0 Å². The average Bonchev–Trinajstić information content (AvgIpc) is 3.34. The van der Waals surface area contributed by atoms with Crippen LogP contribution in [0.1, 0.15) is 24.2 Å². The van der Waals surface area contributed by atoms with E-state index in [1.54, 1.807) is 19.2 Å². The minimum absolute atomic E-state index is 0.0262. The van der Waals surface area contributed by atoms with Gasteiger partial charge in [-0.05, 0) is 42.0 Å². The van der Waals surface area contributed by atoms with E-state index in [2.05, 4.69) is 27.6 Å². The van der Waals surface area contributed by atoms with Gasteiger partial charge in [0.25, 0.3) is 5.91 Å². The summed E-state index contributed by atoms with van der Waals surface area (Å²) in [6.45, 7) is 5.42. The van der Waals surface area contributed by atoms with Gasteiger partial charge >= 0.3 is 5.97 Å². The molecule has 1 saturated heterocycles. The Labute approximate surface area is 169 Å². The van der Waals surface area contributed by atoms with Gasteiger partial charge in [-0.3, -0.25) is 9.59 Å². The first-order valence-corrected chi connectivity index (χ1v) is 9.96. The molecule has 0 radical (unpaired) electrons. The molecule has 1 aromatic heterocycles. The second-order valence-electron chi connectivity index (χ2n) is 7.74. The predicted molar refractivity (Wildman–Crippen MR) is 106 cm³/mol. The van der Waals surface area contributed by atoms with Crippen molar-refractivity contribution in [2.24, 2.45) is 30.7 Å². The maximum absolute atomic E-state index is 13.1. The molecule has 152 valence electrons. The molecule has 1 aliphatic heterocycles. The lowest BCUT2D eigenvalue weighted by Gasteiger charge is -2.31. The molecule has 4 atom stereocenters. The number of aromatic nitrogens is 4. The molecular formula is C21H25N5O3. The van der Waals surface area contributed by atoms with Crippen LogP contribution in [0.15, 0.2) is 36.4 Å². The second-order valence-corrected chi connectivity index (χ2v) is 7.74. The fraction of sp³-hybridized carbons (Fsp3) is 0.476. The van der Waals surface area contributed by atoms with Crippen molar-refractivity contribution in [1.82, 2.24) is 25.1 Å². The molecule has 2 aliphatic rings. The number of hydrogen-bond acceptors (Lipinski definition) is 6. The molecule has 1 aromatic carbocycles. The minimum Gasteiger partial charge on any atom is -0.466 e. The van der Waals surface area contributed by atoms with Crippen molar-refractivity contribution >= 4 is 11.9 Å². The van der Waals surface area contributed by atoms with Crippen LogP contribution in [0.3, 0.4) is 0 Å². The number of tetrazole rings is 1. The number of allylic oxidation sites excluding steroid dienone is 1. The van der Waals surface area contributed by atoms with Gasteiger partial charge in [-0.15, -0.1) is 10.2 Å². The monoisotopic (exact) mass is 395 g/mol. The van der Waals surface area contributed by atoms with Gasteiger partial charge in [0.05, 0.1) is 19.6 Å². The van der Waals surface area contributed by atoms with E-state index in [4.69, 9.17) is 4.74 Å². The number of aryl methyl sites for hydroxylation is 1. The number of nitrogens with zero attached hydrogens (tertiary/aromatic N) is 5. The zero-order valence-corrected chi connectivity index (χ0v) is 16.9. The maximum atomic E-state index is 13.1. The van der Waals surface area contributed by atoms with Crippen LogP contribution in [-0.4, -0.2) is 56.7 Å². The minimum atomic E-state index is -0.201. The third-order valence-electron chi connectivity index (χ3n) is 5.85. The van der Waals surface area contributed by atoms with E-state index in [0.717, 1.165) is 5.56 Å². The number of benzene rings is 1. The second kappa shape index (κ2) is 7.77. The summed E-state index contributed by atoms with van der Waals surface area (Å²) in [6.07, 6.45) is 4.24. The van der Waals surface area contributed by atoms with Crippen LogP contribution in [0, 0.1) is 23.7 Å². The van der Waals surface area contributed by atoms with Crippen molar-refractivity contribution in [3.05, 3.63) is 42.0 Å². The molecule has 4 rings (SSSR count). The van der Waals surface area contributed by atoms with Crippen LogP contribution < -0.4 is 0 Å². The van der Waals surface area contributed by atoms with Gasteiger partial charge in [-0.1, -0.05) is 31.2 Å². The van der Waals surface area contributed by atoms with Gasteiger partial charge in [-0.2, -0.15) is 4.80 Å². The number of carbonyl (C=O) groups excluding carboxylic acids is 2. The summed E-state index contributed by atoms with van der Waals surface area (Å²) in [5.41, 5.74) is 1.42. The SMILES string of the molecule is CCOC(=O)[C@@H]1[C@H]2CN(C(=O)c3ccc(-c4nnn(C)n4)cc3)C[C@@H]2C=C[C@@H]1C. The van der Waals surface area contributed by atoms with Gasteiger partial charge in [0.1, 0.15) is 0 Å². The highest BCUT2D eigenvalue weighted by molar-refractivity contribution is 5.95. The molecule has 2 aromatic rings. The van der Waals surface area contributed by atoms with Gasteiger partial charge in [-0.25, -0.2) is 0 Å². The van der Waals surface area contributed by atoms with E-state index in [0.29, 0.717) is 31.1 Å². The van der Waals surface area contributed by atoms with E-state index in [1.807, 2.05) is 30.9 Å². The smallest absolute Gasteiger partial charge is 0.309 e. The van der Waals surface area contributed by atoms with E-state index in [-0.39, 0.29) is 35.5 Å². The number of rotatable bonds is 4. The Morgan fingerprint density at radius 2 is 1.93 bits per heavy atom. The molecule has 1 fully saturated rings. The van der Waals surface area contributed by atoms with Gasteiger partial charge < -0.3 is 9.64 Å². The summed E-state index contributed by atoms with van der Waals surface area (Å²) in [5.74, 6) is 0.539. The van der Waals surface area contributed by atoms with E-state index in [1.165, 1.54) is 4.80 Å². The fourth-order valence-corrected chi connectivity index (χ4v) is 4.40. The van der Waals surface area contributed by atoms with Crippen LogP contribution in [0.5, 0.6) is 0 Å². The Balaban J connectivity index is 1.49. The van der Waals surface area contributed by atoms with Crippen LogP contribution in [0.4, 0.5) is 0 Å². The summed E-state index contributed by atoms with van der Waals surface area (Å²) >= 11 is 0. The normalized spacial score (nSPS) is 25.7. The quantitative estimate of drug-likeness (QED) is 0.581. The van der Waals surface area contributed by atoms with E-state index < -0.39 is 0 Å². The molecule has 0 spiro atoms. The number of amides is 1. The molecule has 0 saturated carbocycles. The fourth-order valence-electron chi connectivity index (χ4n) is 4.40. The van der Waals surface area contributed by atoms with Gasteiger partial charge in [0, 0.05) is 24.2 Å². The van der Waals surface area contributed by atoms with E-state index in [9.17, 15) is 9.59 Å². The Kier molecular flexibility index (Phi) is 5.17. The Morgan fingerprint density at radius 1 is 1.17 bits per heavy atom. The highest BCUT2D eigenvalue weighted by Crippen LogP contribution is 2.40. The number of fused-ring (bicyclic) bond motifs is 1. The maximum Gasteiger partial charge on any atom is 0.309 e.